The average Bonchev–Trinajstić information content (AvgIpc) is 3.33. The first-order valence-electron chi connectivity index (χ1n) is 11.5. The van der Waals surface area contributed by atoms with E-state index in [4.69, 9.17) is 26.1 Å². The zero-order valence-electron chi connectivity index (χ0n) is 19.5. The van der Waals surface area contributed by atoms with Gasteiger partial charge in [0.1, 0.15) is 11.4 Å². The molecule has 0 saturated carbocycles. The third kappa shape index (κ3) is 4.12. The smallest absolute Gasteiger partial charge is 0.261 e. The van der Waals surface area contributed by atoms with E-state index in [-0.39, 0.29) is 5.56 Å². The lowest BCUT2D eigenvalue weighted by Gasteiger charge is -2.28. The number of nitrogens with one attached hydrogen (secondary N) is 3. The fourth-order valence-electron chi connectivity index (χ4n) is 4.47. The molecule has 0 amide bonds. The van der Waals surface area contributed by atoms with E-state index in [1.54, 1.807) is 31.5 Å². The minimum atomic E-state index is -0.277. The van der Waals surface area contributed by atoms with Crippen LogP contribution in [0.2, 0.25) is 5.02 Å². The number of hydrogen-bond acceptors (Lipinski definition) is 7. The number of ether oxygens (including phenoxy) is 2. The van der Waals surface area contributed by atoms with E-state index in [9.17, 15) is 4.79 Å². The second kappa shape index (κ2) is 9.18. The van der Waals surface area contributed by atoms with Gasteiger partial charge in [0.2, 0.25) is 5.88 Å². The summed E-state index contributed by atoms with van der Waals surface area (Å²) in [4.78, 5) is 31.0. The first-order chi connectivity index (χ1) is 17.6. The molecule has 36 heavy (non-hydrogen) atoms. The summed E-state index contributed by atoms with van der Waals surface area (Å²) in [7, 11) is 1.56. The Kier molecular flexibility index (Phi) is 5.71. The molecule has 4 heterocycles. The summed E-state index contributed by atoms with van der Waals surface area (Å²) in [6, 6.07) is 15.0. The van der Waals surface area contributed by atoms with Crippen LogP contribution in [0.15, 0.2) is 59.5 Å². The van der Waals surface area contributed by atoms with Gasteiger partial charge in [0, 0.05) is 35.3 Å². The molecule has 0 bridgehead atoms. The van der Waals surface area contributed by atoms with Crippen LogP contribution in [0.3, 0.4) is 0 Å². The number of rotatable bonds is 5. The molecular formula is C26H23ClN6O3. The molecule has 0 aliphatic carbocycles. The number of aromatic nitrogens is 4. The Morgan fingerprint density at radius 1 is 1.06 bits per heavy atom. The number of H-pyrrole nitrogens is 2. The van der Waals surface area contributed by atoms with Crippen molar-refractivity contribution >= 4 is 50.6 Å². The number of imidazole rings is 1. The molecule has 1 aliphatic rings. The van der Waals surface area contributed by atoms with Crippen molar-refractivity contribution in [1.29, 1.82) is 0 Å². The Labute approximate surface area is 211 Å². The molecule has 182 valence electrons. The molecule has 1 fully saturated rings. The molecular weight excluding hydrogens is 480 g/mol. The molecule has 1 saturated heterocycles. The third-order valence-corrected chi connectivity index (χ3v) is 6.51. The second-order valence-corrected chi connectivity index (χ2v) is 8.93. The maximum Gasteiger partial charge on any atom is 0.261 e. The van der Waals surface area contributed by atoms with Gasteiger partial charge in [-0.2, -0.15) is 0 Å². The van der Waals surface area contributed by atoms with Gasteiger partial charge in [0.15, 0.2) is 0 Å². The highest BCUT2D eigenvalue weighted by molar-refractivity contribution is 6.31. The van der Waals surface area contributed by atoms with Crippen LogP contribution in [-0.2, 0) is 4.74 Å². The van der Waals surface area contributed by atoms with E-state index in [2.05, 4.69) is 31.2 Å². The lowest BCUT2D eigenvalue weighted by atomic mass is 10.1. The molecule has 0 radical (unpaired) electrons. The number of halogens is 1. The van der Waals surface area contributed by atoms with Crippen molar-refractivity contribution in [3.63, 3.8) is 0 Å². The lowest BCUT2D eigenvalue weighted by Crippen LogP contribution is -2.36. The number of fused-ring (bicyclic) bond motifs is 2. The molecule has 3 N–H and O–H groups in total. The number of morpholine rings is 1. The Hall–Kier alpha value is -4.08. The highest BCUT2D eigenvalue weighted by Gasteiger charge is 2.20. The summed E-state index contributed by atoms with van der Waals surface area (Å²) in [6.07, 6.45) is 1.65. The number of aromatic amines is 2. The normalized spacial score (nSPS) is 13.9. The topological polar surface area (TPSA) is 108 Å². The lowest BCUT2D eigenvalue weighted by molar-refractivity contribution is 0.122. The monoisotopic (exact) mass is 502 g/mol. The molecule has 3 aromatic heterocycles. The van der Waals surface area contributed by atoms with Crippen molar-refractivity contribution < 1.29 is 9.47 Å². The van der Waals surface area contributed by atoms with E-state index in [1.165, 1.54) is 0 Å². The number of methoxy groups -OCH3 is 1. The van der Waals surface area contributed by atoms with Crippen LogP contribution in [-0.4, -0.2) is 53.3 Å². The number of nitrogens with zero attached hydrogens (tertiary/aromatic N) is 3. The van der Waals surface area contributed by atoms with Crippen molar-refractivity contribution in [2.75, 3.05) is 43.6 Å². The standard InChI is InChI=1S/C26H23ClN6O3/c1-35-22-7-3-16(14-28-22)29-24-18-12-15(27)2-5-19(18)32-26(34)23(24)25-30-20-6-4-17(13-21(20)31-25)33-8-10-36-11-9-33/h2-7,12-14H,8-11H2,1H3,(H,30,31)(H2,29,32,34). The van der Waals surface area contributed by atoms with Gasteiger partial charge in [-0.15, -0.1) is 0 Å². The largest absolute Gasteiger partial charge is 0.481 e. The Bertz CT molecular complexity index is 1620. The van der Waals surface area contributed by atoms with Gasteiger partial charge < -0.3 is 29.7 Å². The third-order valence-electron chi connectivity index (χ3n) is 6.27. The van der Waals surface area contributed by atoms with Crippen LogP contribution >= 0.6 is 11.6 Å². The first-order valence-corrected chi connectivity index (χ1v) is 11.9. The quantitative estimate of drug-likeness (QED) is 0.319. The molecule has 0 unspecified atom stereocenters. The summed E-state index contributed by atoms with van der Waals surface area (Å²) in [5.41, 5.74) is 4.71. The van der Waals surface area contributed by atoms with Gasteiger partial charge in [-0.25, -0.2) is 9.97 Å². The summed E-state index contributed by atoms with van der Waals surface area (Å²) in [6.45, 7) is 3.07. The van der Waals surface area contributed by atoms with Gasteiger partial charge in [0.25, 0.3) is 5.56 Å². The summed E-state index contributed by atoms with van der Waals surface area (Å²) in [5.74, 6) is 0.948. The van der Waals surface area contributed by atoms with Crippen molar-refractivity contribution in [2.24, 2.45) is 0 Å². The number of anilines is 3. The van der Waals surface area contributed by atoms with Crippen LogP contribution in [0.5, 0.6) is 5.88 Å². The van der Waals surface area contributed by atoms with Crippen LogP contribution in [0.1, 0.15) is 0 Å². The van der Waals surface area contributed by atoms with Crippen LogP contribution in [0.25, 0.3) is 33.3 Å². The van der Waals surface area contributed by atoms with Gasteiger partial charge >= 0.3 is 0 Å². The first kappa shape index (κ1) is 22.4. The Morgan fingerprint density at radius 2 is 1.89 bits per heavy atom. The molecule has 0 atom stereocenters. The van der Waals surface area contributed by atoms with E-state index < -0.39 is 0 Å². The highest BCUT2D eigenvalue weighted by Crippen LogP contribution is 2.35. The Balaban J connectivity index is 1.50. The molecule has 6 rings (SSSR count). The van der Waals surface area contributed by atoms with E-state index in [1.807, 2.05) is 24.3 Å². The number of benzene rings is 2. The van der Waals surface area contributed by atoms with Crippen LogP contribution in [0.4, 0.5) is 17.1 Å². The molecule has 5 aromatic rings. The van der Waals surface area contributed by atoms with E-state index in [0.29, 0.717) is 52.4 Å². The fourth-order valence-corrected chi connectivity index (χ4v) is 4.64. The van der Waals surface area contributed by atoms with Crippen molar-refractivity contribution in [3.05, 3.63) is 70.1 Å². The maximum atomic E-state index is 13.4. The summed E-state index contributed by atoms with van der Waals surface area (Å²) < 4.78 is 10.6. The predicted octanol–water partition coefficient (Wildman–Crippen LogP) is 4.71. The number of pyridine rings is 2. The number of hydrogen-bond donors (Lipinski definition) is 3. The Morgan fingerprint density at radius 3 is 2.67 bits per heavy atom. The molecule has 2 aromatic carbocycles. The van der Waals surface area contributed by atoms with Gasteiger partial charge in [-0.1, -0.05) is 11.6 Å². The van der Waals surface area contributed by atoms with Gasteiger partial charge in [-0.3, -0.25) is 4.79 Å². The highest BCUT2D eigenvalue weighted by atomic mass is 35.5. The minimum absolute atomic E-state index is 0.277. The molecule has 0 spiro atoms. The van der Waals surface area contributed by atoms with Crippen LogP contribution < -0.4 is 20.5 Å². The molecule has 10 heteroatoms. The van der Waals surface area contributed by atoms with Crippen molar-refractivity contribution in [1.82, 2.24) is 19.9 Å². The van der Waals surface area contributed by atoms with Crippen LogP contribution in [0, 0.1) is 0 Å². The minimum Gasteiger partial charge on any atom is -0.481 e. The second-order valence-electron chi connectivity index (χ2n) is 8.49. The SMILES string of the molecule is COc1ccc(Nc2c(-c3nc4cc(N5CCOCC5)ccc4[nH]3)c(=O)[nH]c3ccc(Cl)cc23)cn1. The summed E-state index contributed by atoms with van der Waals surface area (Å²) >= 11 is 6.34. The predicted molar refractivity (Wildman–Crippen MR) is 142 cm³/mol. The van der Waals surface area contributed by atoms with Gasteiger partial charge in [0.05, 0.1) is 54.4 Å². The van der Waals surface area contributed by atoms with E-state index in [0.717, 1.165) is 35.2 Å². The van der Waals surface area contributed by atoms with Crippen molar-refractivity contribution in [2.45, 2.75) is 0 Å². The molecule has 9 nitrogen and oxygen atoms in total. The van der Waals surface area contributed by atoms with E-state index >= 15 is 0 Å². The fraction of sp³-hybridized carbons (Fsp3) is 0.192. The maximum absolute atomic E-state index is 13.4. The van der Waals surface area contributed by atoms with Crippen molar-refractivity contribution in [3.8, 4) is 17.3 Å². The zero-order valence-corrected chi connectivity index (χ0v) is 20.2. The van der Waals surface area contributed by atoms with Gasteiger partial charge in [-0.05, 0) is 42.5 Å². The summed E-state index contributed by atoms with van der Waals surface area (Å²) in [5, 5.41) is 4.67. The zero-order chi connectivity index (χ0) is 24.6. The average molecular weight is 503 g/mol. The molecule has 1 aliphatic heterocycles.